The molecule has 1 aromatic rings. The largest absolute Gasteiger partial charge is 0.359 e. The Morgan fingerprint density at radius 2 is 2.07 bits per heavy atom. The van der Waals surface area contributed by atoms with Crippen LogP contribution in [0.15, 0.2) is 9.59 Å². The third-order valence-electron chi connectivity index (χ3n) is 2.04. The minimum Gasteiger partial charge on any atom is -0.359 e. The van der Waals surface area contributed by atoms with Crippen molar-refractivity contribution in [3.8, 4) is 0 Å². The van der Waals surface area contributed by atoms with Gasteiger partial charge in [0.1, 0.15) is 0 Å². The lowest BCUT2D eigenvalue weighted by atomic mass is 9.99. The van der Waals surface area contributed by atoms with E-state index in [-0.39, 0.29) is 11.4 Å². The van der Waals surface area contributed by atoms with Crippen LogP contribution in [0.3, 0.4) is 0 Å². The van der Waals surface area contributed by atoms with Crippen molar-refractivity contribution in [1.29, 1.82) is 0 Å². The summed E-state index contributed by atoms with van der Waals surface area (Å²) in [5.74, 6) is 0.146. The molecule has 84 valence electrons. The molecule has 0 unspecified atom stereocenters. The molecule has 0 aliphatic carbocycles. The molecule has 0 fully saturated rings. The first-order chi connectivity index (χ1) is 6.94. The molecule has 0 aliphatic heterocycles. The average molecular weight is 212 g/mol. The van der Waals surface area contributed by atoms with E-state index in [4.69, 9.17) is 0 Å². The second-order valence-electron chi connectivity index (χ2n) is 4.11. The quantitative estimate of drug-likeness (QED) is 0.675. The zero-order valence-electron chi connectivity index (χ0n) is 9.18. The van der Waals surface area contributed by atoms with Gasteiger partial charge in [-0.15, -0.1) is 5.10 Å². The molecule has 0 bridgehead atoms. The van der Waals surface area contributed by atoms with Crippen LogP contribution in [0.25, 0.3) is 0 Å². The van der Waals surface area contributed by atoms with Gasteiger partial charge in [0.15, 0.2) is 0 Å². The standard InChI is InChI=1S/C9H16N4O2/c1-4-5-9(2,3)11-6-7(14)10-8(15)13-12-6/h4-5H2,1-3H3,(H,11,12)(H2,10,13,14,15). The van der Waals surface area contributed by atoms with Gasteiger partial charge in [-0.3, -0.25) is 9.78 Å². The minimum atomic E-state index is -0.598. The fraction of sp³-hybridized carbons (Fsp3) is 0.667. The Hall–Kier alpha value is -1.59. The predicted molar refractivity (Wildman–Crippen MR) is 58.1 cm³/mol. The van der Waals surface area contributed by atoms with E-state index >= 15 is 0 Å². The van der Waals surface area contributed by atoms with Crippen molar-refractivity contribution in [2.45, 2.75) is 39.2 Å². The Kier molecular flexibility index (Phi) is 3.28. The molecule has 3 N–H and O–H groups in total. The summed E-state index contributed by atoms with van der Waals surface area (Å²) in [5.41, 5.74) is -1.31. The minimum absolute atomic E-state index is 0.146. The van der Waals surface area contributed by atoms with Gasteiger partial charge in [0.25, 0.3) is 5.56 Å². The number of rotatable bonds is 4. The van der Waals surface area contributed by atoms with Crippen LogP contribution in [-0.4, -0.2) is 20.7 Å². The van der Waals surface area contributed by atoms with Gasteiger partial charge < -0.3 is 5.32 Å². The summed E-state index contributed by atoms with van der Waals surface area (Å²) < 4.78 is 0. The molecule has 0 atom stereocenters. The van der Waals surface area contributed by atoms with Crippen LogP contribution < -0.4 is 16.6 Å². The molecule has 1 aromatic heterocycles. The fourth-order valence-electron chi connectivity index (χ4n) is 1.44. The Bertz CT molecular complexity index is 432. The van der Waals surface area contributed by atoms with Crippen LogP contribution in [-0.2, 0) is 0 Å². The van der Waals surface area contributed by atoms with Crippen LogP contribution in [0.1, 0.15) is 33.6 Å². The predicted octanol–water partition coefficient (Wildman–Crippen LogP) is 0.449. The summed E-state index contributed by atoms with van der Waals surface area (Å²) in [5, 5.41) is 8.82. The highest BCUT2D eigenvalue weighted by Gasteiger charge is 2.18. The maximum atomic E-state index is 11.3. The molecule has 0 saturated carbocycles. The van der Waals surface area contributed by atoms with Gasteiger partial charge in [0.05, 0.1) is 0 Å². The van der Waals surface area contributed by atoms with Gasteiger partial charge in [-0.1, -0.05) is 13.3 Å². The molecule has 0 saturated heterocycles. The summed E-state index contributed by atoms with van der Waals surface area (Å²) in [7, 11) is 0. The van der Waals surface area contributed by atoms with E-state index in [0.717, 1.165) is 12.8 Å². The lowest BCUT2D eigenvalue weighted by Gasteiger charge is -2.25. The molecule has 0 aromatic carbocycles. The van der Waals surface area contributed by atoms with Gasteiger partial charge in [0.2, 0.25) is 5.82 Å². The lowest BCUT2D eigenvalue weighted by Crippen LogP contribution is -2.36. The van der Waals surface area contributed by atoms with E-state index in [2.05, 4.69) is 27.4 Å². The maximum absolute atomic E-state index is 11.3. The van der Waals surface area contributed by atoms with Gasteiger partial charge in [0, 0.05) is 5.54 Å². The van der Waals surface area contributed by atoms with E-state index in [0.29, 0.717) is 0 Å². The number of aromatic nitrogens is 3. The summed E-state index contributed by atoms with van der Waals surface area (Å²) >= 11 is 0. The first kappa shape index (κ1) is 11.5. The summed E-state index contributed by atoms with van der Waals surface area (Å²) in [6, 6.07) is 0. The zero-order valence-corrected chi connectivity index (χ0v) is 9.18. The molecule has 0 aliphatic rings. The third kappa shape index (κ3) is 3.23. The molecule has 0 amide bonds. The number of H-pyrrole nitrogens is 2. The maximum Gasteiger partial charge on any atom is 0.342 e. The summed E-state index contributed by atoms with van der Waals surface area (Å²) in [6.07, 6.45) is 1.91. The number of nitrogens with zero attached hydrogens (tertiary/aromatic N) is 1. The number of hydrogen-bond donors (Lipinski definition) is 3. The Morgan fingerprint density at radius 3 is 2.60 bits per heavy atom. The second-order valence-corrected chi connectivity index (χ2v) is 4.11. The normalized spacial score (nSPS) is 11.4. The van der Waals surface area contributed by atoms with E-state index in [1.807, 2.05) is 13.8 Å². The molecular formula is C9H16N4O2. The molecule has 15 heavy (non-hydrogen) atoms. The first-order valence-corrected chi connectivity index (χ1v) is 4.92. The van der Waals surface area contributed by atoms with E-state index in [1.54, 1.807) is 0 Å². The number of hydrogen-bond acceptors (Lipinski definition) is 4. The lowest BCUT2D eigenvalue weighted by molar-refractivity contribution is 0.506. The van der Waals surface area contributed by atoms with Crippen molar-refractivity contribution in [1.82, 2.24) is 15.2 Å². The van der Waals surface area contributed by atoms with Crippen molar-refractivity contribution in [2.24, 2.45) is 0 Å². The van der Waals surface area contributed by atoms with Gasteiger partial charge in [-0.2, -0.15) is 0 Å². The topological polar surface area (TPSA) is 90.6 Å². The highest BCUT2D eigenvalue weighted by Crippen LogP contribution is 2.14. The van der Waals surface area contributed by atoms with Gasteiger partial charge in [-0.05, 0) is 20.3 Å². The van der Waals surface area contributed by atoms with Crippen LogP contribution in [0.4, 0.5) is 5.82 Å². The van der Waals surface area contributed by atoms with E-state index in [9.17, 15) is 9.59 Å². The van der Waals surface area contributed by atoms with Crippen molar-refractivity contribution in [2.75, 3.05) is 5.32 Å². The monoisotopic (exact) mass is 212 g/mol. The number of anilines is 1. The summed E-state index contributed by atoms with van der Waals surface area (Å²) in [4.78, 5) is 24.2. The fourth-order valence-corrected chi connectivity index (χ4v) is 1.44. The highest BCUT2D eigenvalue weighted by atomic mass is 16.2. The third-order valence-corrected chi connectivity index (χ3v) is 2.04. The molecule has 0 radical (unpaired) electrons. The van der Waals surface area contributed by atoms with Gasteiger partial charge >= 0.3 is 5.69 Å². The zero-order chi connectivity index (χ0) is 11.5. The molecular weight excluding hydrogens is 196 g/mol. The van der Waals surface area contributed by atoms with Crippen LogP contribution in [0.5, 0.6) is 0 Å². The molecule has 1 heterocycles. The summed E-state index contributed by atoms with van der Waals surface area (Å²) in [6.45, 7) is 6.01. The molecule has 6 nitrogen and oxygen atoms in total. The molecule has 6 heteroatoms. The molecule has 0 spiro atoms. The van der Waals surface area contributed by atoms with Crippen molar-refractivity contribution >= 4 is 5.82 Å². The van der Waals surface area contributed by atoms with Crippen LogP contribution in [0.2, 0.25) is 0 Å². The Labute approximate surface area is 87.1 Å². The Balaban J connectivity index is 2.90. The van der Waals surface area contributed by atoms with Crippen LogP contribution >= 0.6 is 0 Å². The van der Waals surface area contributed by atoms with Crippen molar-refractivity contribution in [3.05, 3.63) is 20.8 Å². The van der Waals surface area contributed by atoms with Crippen molar-refractivity contribution < 1.29 is 0 Å². The smallest absolute Gasteiger partial charge is 0.342 e. The van der Waals surface area contributed by atoms with Crippen LogP contribution in [0, 0.1) is 0 Å². The highest BCUT2D eigenvalue weighted by molar-refractivity contribution is 5.32. The van der Waals surface area contributed by atoms with Gasteiger partial charge in [-0.25, -0.2) is 9.89 Å². The molecule has 1 rings (SSSR count). The SMILES string of the molecule is CCCC(C)(C)Nc1n[nH]c(=O)[nH]c1=O. The number of nitrogens with one attached hydrogen (secondary N) is 3. The van der Waals surface area contributed by atoms with Crippen molar-refractivity contribution in [3.63, 3.8) is 0 Å². The van der Waals surface area contributed by atoms with E-state index < -0.39 is 11.2 Å². The van der Waals surface area contributed by atoms with E-state index in [1.165, 1.54) is 0 Å². The second kappa shape index (κ2) is 4.29. The Morgan fingerprint density at radius 1 is 1.40 bits per heavy atom. The average Bonchev–Trinajstić information content (AvgIpc) is 2.09. The first-order valence-electron chi connectivity index (χ1n) is 4.92. The number of aromatic amines is 2.